The zero-order valence-electron chi connectivity index (χ0n) is 56.6. The summed E-state index contributed by atoms with van der Waals surface area (Å²) in [6.45, 7) is 65.1. The third kappa shape index (κ3) is 38.4. The Morgan fingerprint density at radius 3 is 0.912 bits per heavy atom. The Hall–Kier alpha value is 1.06. The van der Waals surface area contributed by atoms with Crippen LogP contribution in [0.1, 0.15) is 89.5 Å². The molecule has 0 atom stereocenters. The van der Waals surface area contributed by atoms with Gasteiger partial charge in [-0.3, -0.25) is 0 Å². The van der Waals surface area contributed by atoms with Gasteiger partial charge in [-0.25, -0.2) is 0 Å². The van der Waals surface area contributed by atoms with E-state index >= 15 is 0 Å². The molecule has 1 N–H and O–H groups in total. The molecule has 0 saturated carbocycles. The van der Waals surface area contributed by atoms with Crippen molar-refractivity contribution in [1.82, 2.24) is 4.90 Å². The molecule has 0 amide bonds. The third-order valence-electron chi connectivity index (χ3n) is 12.6. The minimum atomic E-state index is -2.80. The van der Waals surface area contributed by atoms with Crippen LogP contribution in [0.5, 0.6) is 5.75 Å². The number of unbranched alkanes of at least 4 members (excludes halogenated alkanes) is 9. The number of phenolic OH excluding ortho intramolecular Hbond substituents is 1. The molecule has 1 rings (SSSR count). The fourth-order valence-electron chi connectivity index (χ4n) is 11.9. The zero-order chi connectivity index (χ0) is 62.0. The van der Waals surface area contributed by atoms with Gasteiger partial charge >= 0.3 is 94.2 Å². The van der Waals surface area contributed by atoms with Crippen LogP contribution in [0.25, 0.3) is 0 Å². The Bertz CT molecular complexity index is 1940. The smallest absolute Gasteiger partial charge is 0.314 e. The van der Waals surface area contributed by atoms with Gasteiger partial charge in [-0.1, -0.05) is 76.5 Å². The maximum absolute atomic E-state index is 9.82. The van der Waals surface area contributed by atoms with Gasteiger partial charge in [0, 0.05) is 6.54 Å². The number of phenols is 1. The molecule has 14 nitrogen and oxygen atoms in total. The summed E-state index contributed by atoms with van der Waals surface area (Å²) in [7, 11) is -33.7. The Kier molecular flexibility index (Phi) is 32.7. The molecule has 0 spiro atoms. The van der Waals surface area contributed by atoms with E-state index in [1.807, 2.05) is 18.2 Å². The molecular weight excluding hydrogens is 1220 g/mol. The fourth-order valence-corrected chi connectivity index (χ4v) is 78.9. The van der Waals surface area contributed by atoms with Gasteiger partial charge < -0.3 is 59.4 Å². The van der Waals surface area contributed by atoms with Crippen molar-refractivity contribution in [1.29, 1.82) is 0 Å². The molecule has 1 aromatic rings. The standard InChI is InChI=1S/C53H125NO13Si13/c1-29-31-33-34-35-36-37-38-39-47-54(49-46-52-42-44-53(55)45-43-52)48-40-41-51-69(5,6)57-71(9,10)59-73(13,14)61-75(17,18)63-77(21,22)65-79(25,26)67-80(27,28)66-78(23,24)64-76(19,20)62-74(15,16)60-72(11,12)58-70(7,8)56-68(3,4)50-32-30-2/h29,42-45,55H,1,30-41,46-51H2,2-28H3. The Labute approximate surface area is 507 Å². The first-order valence-electron chi connectivity index (χ1n) is 30.5. The summed E-state index contributed by atoms with van der Waals surface area (Å²) in [4.78, 5) is 2.66. The summed E-state index contributed by atoms with van der Waals surface area (Å²) < 4.78 is 83.1. The van der Waals surface area contributed by atoms with Crippen LogP contribution >= 0.6 is 0 Å². The number of benzene rings is 1. The molecule has 0 heterocycles. The van der Waals surface area contributed by atoms with Crippen molar-refractivity contribution < 1.29 is 54.5 Å². The highest BCUT2D eigenvalue weighted by atomic mass is 28.5. The molecule has 0 fully saturated rings. The minimum absolute atomic E-state index is 0.323. The van der Waals surface area contributed by atoms with E-state index in [1.165, 1.54) is 63.4 Å². The largest absolute Gasteiger partial charge is 0.508 e. The van der Waals surface area contributed by atoms with Crippen molar-refractivity contribution in [3.8, 4) is 5.75 Å². The highest BCUT2D eigenvalue weighted by Crippen LogP contribution is 2.33. The molecule has 0 aliphatic heterocycles. The molecule has 0 aromatic heterocycles. The van der Waals surface area contributed by atoms with Crippen molar-refractivity contribution in [3.63, 3.8) is 0 Å². The van der Waals surface area contributed by atoms with Crippen LogP contribution in [0, 0.1) is 0 Å². The summed E-state index contributed by atoms with van der Waals surface area (Å²) in [5.41, 5.74) is 1.27. The Morgan fingerprint density at radius 1 is 0.350 bits per heavy atom. The lowest BCUT2D eigenvalue weighted by atomic mass is 10.1. The normalized spacial score (nSPS) is 14.7. The average molecular weight is 1350 g/mol. The monoisotopic (exact) mass is 1350 g/mol. The van der Waals surface area contributed by atoms with E-state index in [1.54, 1.807) is 12.1 Å². The average Bonchev–Trinajstić information content (AvgIpc) is 3.17. The molecule has 80 heavy (non-hydrogen) atoms. The highest BCUT2D eigenvalue weighted by Gasteiger charge is 2.52. The van der Waals surface area contributed by atoms with E-state index in [0.717, 1.165) is 57.4 Å². The van der Waals surface area contributed by atoms with Crippen molar-refractivity contribution in [2.75, 3.05) is 19.6 Å². The van der Waals surface area contributed by atoms with Crippen molar-refractivity contribution in [3.05, 3.63) is 42.5 Å². The SMILES string of the molecule is C=CCCCCCCCCCN(CCCC[Si](C)(C)O[Si](C)(C)O[Si](C)(C)O[Si](C)(C)O[Si](C)(C)O[Si](C)(C)O[Si](C)(C)O[Si](C)(C)O[Si](C)(C)O[Si](C)(C)O[Si](C)(C)O[Si](C)(C)O[Si](C)(C)CCCC)CCc1ccc(O)cc1. The summed E-state index contributed by atoms with van der Waals surface area (Å²) in [5, 5.41) is 9.82. The van der Waals surface area contributed by atoms with Gasteiger partial charge in [0.05, 0.1) is 0 Å². The van der Waals surface area contributed by atoms with Crippen molar-refractivity contribution in [2.45, 2.75) is 273 Å². The second-order valence-corrected chi connectivity index (χ2v) is 77.1. The molecule has 0 unspecified atom stereocenters. The van der Waals surface area contributed by atoms with Crippen LogP contribution in [0.15, 0.2) is 36.9 Å². The first-order valence-corrected chi connectivity index (χ1v) is 67.7. The third-order valence-corrected chi connectivity index (χ3v) is 63.4. The van der Waals surface area contributed by atoms with Gasteiger partial charge in [-0.2, -0.15) is 0 Å². The minimum Gasteiger partial charge on any atom is -0.508 e. The van der Waals surface area contributed by atoms with Crippen LogP contribution in [0.4, 0.5) is 0 Å². The number of hydrogen-bond acceptors (Lipinski definition) is 14. The summed E-state index contributed by atoms with van der Waals surface area (Å²) in [5.74, 6) is 0.323. The molecular formula is C53H125NO13Si13. The van der Waals surface area contributed by atoms with E-state index in [-0.39, 0.29) is 0 Å². The summed E-state index contributed by atoms with van der Waals surface area (Å²) in [6, 6.07) is 9.92. The van der Waals surface area contributed by atoms with Crippen LogP contribution in [-0.2, 0) is 55.8 Å². The quantitative estimate of drug-likeness (QED) is 0.0377. The van der Waals surface area contributed by atoms with Crippen molar-refractivity contribution >= 4 is 111 Å². The predicted molar refractivity (Wildman–Crippen MR) is 369 cm³/mol. The lowest BCUT2D eigenvalue weighted by Crippen LogP contribution is -2.63. The number of aromatic hydroxyl groups is 1. The van der Waals surface area contributed by atoms with E-state index in [0.29, 0.717) is 5.75 Å². The van der Waals surface area contributed by atoms with Gasteiger partial charge in [0.15, 0.2) is 16.6 Å². The lowest BCUT2D eigenvalue weighted by molar-refractivity contribution is 0.252. The number of allylic oxidation sites excluding steroid dienone is 1. The summed E-state index contributed by atoms with van der Waals surface area (Å²) >= 11 is 0. The van der Waals surface area contributed by atoms with Crippen LogP contribution in [0.3, 0.4) is 0 Å². The van der Waals surface area contributed by atoms with Crippen LogP contribution in [-0.4, -0.2) is 140 Å². The second-order valence-electron chi connectivity index (χ2n) is 28.5. The van der Waals surface area contributed by atoms with Gasteiger partial charge in [-0.05, 0) is 245 Å². The molecule has 27 heteroatoms. The van der Waals surface area contributed by atoms with Crippen LogP contribution in [0.2, 0.25) is 182 Å². The van der Waals surface area contributed by atoms with E-state index in [4.69, 9.17) is 49.4 Å². The predicted octanol–water partition coefficient (Wildman–Crippen LogP) is 17.5. The fraction of sp³-hybridized carbons (Fsp3) is 0.849. The van der Waals surface area contributed by atoms with Gasteiger partial charge in [0.25, 0.3) is 0 Å². The Morgan fingerprint density at radius 2 is 0.613 bits per heavy atom. The molecule has 0 aliphatic carbocycles. The molecule has 1 aromatic carbocycles. The number of hydrogen-bond donors (Lipinski definition) is 1. The highest BCUT2D eigenvalue weighted by molar-refractivity contribution is 6.94. The maximum atomic E-state index is 9.82. The molecule has 0 saturated heterocycles. The lowest BCUT2D eigenvalue weighted by Gasteiger charge is -2.45. The van der Waals surface area contributed by atoms with E-state index in [2.05, 4.69) is 189 Å². The zero-order valence-corrected chi connectivity index (χ0v) is 69.6. The summed E-state index contributed by atoms with van der Waals surface area (Å²) in [6.07, 6.45) is 17.9. The van der Waals surface area contributed by atoms with Crippen LogP contribution < -0.4 is 0 Å². The van der Waals surface area contributed by atoms with Gasteiger partial charge in [-0.15, -0.1) is 6.58 Å². The Balaban J connectivity index is 2.86. The molecule has 472 valence electrons. The molecule has 0 bridgehead atoms. The molecule has 0 radical (unpaired) electrons. The van der Waals surface area contributed by atoms with E-state index in [9.17, 15) is 5.11 Å². The van der Waals surface area contributed by atoms with Crippen molar-refractivity contribution in [2.24, 2.45) is 0 Å². The number of nitrogens with zero attached hydrogens (tertiary/aromatic N) is 1. The molecule has 0 aliphatic rings. The first-order chi connectivity index (χ1) is 35.9. The second kappa shape index (κ2) is 33.0. The number of rotatable bonds is 45. The maximum Gasteiger partial charge on any atom is 0.314 e. The van der Waals surface area contributed by atoms with Gasteiger partial charge in [0.2, 0.25) is 0 Å². The van der Waals surface area contributed by atoms with E-state index < -0.39 is 111 Å². The topological polar surface area (TPSA) is 134 Å². The first kappa shape index (κ1) is 79.1. The van der Waals surface area contributed by atoms with Gasteiger partial charge in [0.1, 0.15) is 5.75 Å².